The Bertz CT molecular complexity index is 406. The van der Waals surface area contributed by atoms with Gasteiger partial charge in [-0.2, -0.15) is 0 Å². The summed E-state index contributed by atoms with van der Waals surface area (Å²) in [5, 5.41) is 0. The maximum absolute atomic E-state index is 11.9. The third-order valence-corrected chi connectivity index (χ3v) is 2.99. The monoisotopic (exact) mass is 333 g/mol. The van der Waals surface area contributed by atoms with Crippen molar-refractivity contribution in [2.24, 2.45) is 0 Å². The first-order chi connectivity index (χ1) is 7.56. The van der Waals surface area contributed by atoms with Crippen LogP contribution in [0.3, 0.4) is 0 Å². The Labute approximate surface area is 108 Å². The Kier molecular flexibility index (Phi) is 4.72. The summed E-state index contributed by atoms with van der Waals surface area (Å²) in [6.45, 7) is -0.0414. The molecule has 1 aromatic carbocycles. The smallest absolute Gasteiger partial charge is 0.325 e. The maximum Gasteiger partial charge on any atom is 0.325 e. The van der Waals surface area contributed by atoms with E-state index < -0.39 is 5.97 Å². The van der Waals surface area contributed by atoms with Crippen LogP contribution in [0.5, 0.6) is 0 Å². The SMILES string of the molecule is COC(=O)CN(C)C(=O)c1ccccc1I. The predicted molar refractivity (Wildman–Crippen MR) is 68.1 cm³/mol. The van der Waals surface area contributed by atoms with Crippen molar-refractivity contribution in [3.05, 3.63) is 33.4 Å². The van der Waals surface area contributed by atoms with Crippen LogP contribution in [0.2, 0.25) is 0 Å². The molecule has 0 radical (unpaired) electrons. The summed E-state index contributed by atoms with van der Waals surface area (Å²) in [4.78, 5) is 24.3. The minimum absolute atomic E-state index is 0.0414. The number of carbonyl (C=O) groups is 2. The van der Waals surface area contributed by atoms with Crippen molar-refractivity contribution in [2.75, 3.05) is 20.7 Å². The molecule has 4 nitrogen and oxygen atoms in total. The quantitative estimate of drug-likeness (QED) is 0.623. The second-order valence-electron chi connectivity index (χ2n) is 3.22. The largest absolute Gasteiger partial charge is 0.468 e. The molecule has 0 aliphatic carbocycles. The van der Waals surface area contributed by atoms with Crippen LogP contribution in [0.15, 0.2) is 24.3 Å². The number of carbonyl (C=O) groups excluding carboxylic acids is 2. The highest BCUT2D eigenvalue weighted by atomic mass is 127. The predicted octanol–water partition coefficient (Wildman–Crippen LogP) is 1.54. The van der Waals surface area contributed by atoms with Gasteiger partial charge in [0, 0.05) is 10.6 Å². The second-order valence-corrected chi connectivity index (χ2v) is 4.38. The fraction of sp³-hybridized carbons (Fsp3) is 0.273. The summed E-state index contributed by atoms with van der Waals surface area (Å²) in [6, 6.07) is 7.23. The van der Waals surface area contributed by atoms with Crippen molar-refractivity contribution >= 4 is 34.5 Å². The molecule has 86 valence electrons. The topological polar surface area (TPSA) is 46.6 Å². The van der Waals surface area contributed by atoms with Crippen LogP contribution < -0.4 is 0 Å². The number of hydrogen-bond acceptors (Lipinski definition) is 3. The van der Waals surface area contributed by atoms with Crippen LogP contribution in [0.25, 0.3) is 0 Å². The molecule has 0 saturated heterocycles. The maximum atomic E-state index is 11.9. The van der Waals surface area contributed by atoms with Gasteiger partial charge in [0.15, 0.2) is 0 Å². The molecule has 16 heavy (non-hydrogen) atoms. The first-order valence-electron chi connectivity index (χ1n) is 4.63. The molecule has 0 N–H and O–H groups in total. The number of likely N-dealkylation sites (N-methyl/N-ethyl adjacent to an activating group) is 1. The summed E-state index contributed by atoms with van der Waals surface area (Å²) >= 11 is 2.09. The van der Waals surface area contributed by atoms with Gasteiger partial charge in [-0.25, -0.2) is 0 Å². The molecule has 0 aromatic heterocycles. The lowest BCUT2D eigenvalue weighted by atomic mass is 10.2. The molecule has 1 aromatic rings. The number of halogens is 1. The Morgan fingerprint density at radius 3 is 2.56 bits per heavy atom. The van der Waals surface area contributed by atoms with Crippen molar-refractivity contribution in [1.29, 1.82) is 0 Å². The molecule has 0 atom stereocenters. The Hall–Kier alpha value is -1.11. The lowest BCUT2D eigenvalue weighted by Crippen LogP contribution is -2.33. The minimum atomic E-state index is -0.429. The number of esters is 1. The van der Waals surface area contributed by atoms with Crippen molar-refractivity contribution in [2.45, 2.75) is 0 Å². The van der Waals surface area contributed by atoms with Gasteiger partial charge in [0.2, 0.25) is 0 Å². The average molecular weight is 333 g/mol. The Morgan fingerprint density at radius 1 is 1.38 bits per heavy atom. The third kappa shape index (κ3) is 3.19. The fourth-order valence-corrected chi connectivity index (χ4v) is 1.79. The molecular weight excluding hydrogens is 321 g/mol. The molecule has 0 fully saturated rings. The van der Waals surface area contributed by atoms with E-state index in [1.54, 1.807) is 19.2 Å². The van der Waals surface area contributed by atoms with Crippen molar-refractivity contribution in [1.82, 2.24) is 4.90 Å². The van der Waals surface area contributed by atoms with Crippen LogP contribution in [0.1, 0.15) is 10.4 Å². The summed E-state index contributed by atoms with van der Waals surface area (Å²) in [7, 11) is 2.87. The van der Waals surface area contributed by atoms with E-state index in [-0.39, 0.29) is 12.5 Å². The molecule has 0 aliphatic heterocycles. The van der Waals surface area contributed by atoms with Gasteiger partial charge in [-0.1, -0.05) is 12.1 Å². The van der Waals surface area contributed by atoms with Crippen molar-refractivity contribution < 1.29 is 14.3 Å². The highest BCUT2D eigenvalue weighted by molar-refractivity contribution is 14.1. The Balaban J connectivity index is 2.79. The standard InChI is InChI=1S/C11H12INO3/c1-13(7-10(14)16-2)11(15)8-5-3-4-6-9(8)12/h3-6H,7H2,1-2H3. The van der Waals surface area contributed by atoms with Gasteiger partial charge in [0.1, 0.15) is 6.54 Å². The van der Waals surface area contributed by atoms with Gasteiger partial charge < -0.3 is 9.64 Å². The van der Waals surface area contributed by atoms with Crippen LogP contribution in [0, 0.1) is 3.57 Å². The minimum Gasteiger partial charge on any atom is -0.468 e. The fourth-order valence-electron chi connectivity index (χ4n) is 1.17. The number of hydrogen-bond donors (Lipinski definition) is 0. The van der Waals surface area contributed by atoms with Crippen LogP contribution >= 0.6 is 22.6 Å². The number of ether oxygens (including phenoxy) is 1. The number of amides is 1. The zero-order chi connectivity index (χ0) is 12.1. The van der Waals surface area contributed by atoms with E-state index in [9.17, 15) is 9.59 Å². The second kappa shape index (κ2) is 5.83. The third-order valence-electron chi connectivity index (χ3n) is 2.04. The van der Waals surface area contributed by atoms with E-state index >= 15 is 0 Å². The highest BCUT2D eigenvalue weighted by Gasteiger charge is 2.16. The molecule has 1 amide bonds. The normalized spacial score (nSPS) is 9.69. The molecule has 0 bridgehead atoms. The molecular formula is C11H12INO3. The summed E-state index contributed by atoms with van der Waals surface area (Å²) in [5.41, 5.74) is 0.592. The number of nitrogens with zero attached hydrogens (tertiary/aromatic N) is 1. The zero-order valence-electron chi connectivity index (χ0n) is 9.07. The molecule has 0 aliphatic rings. The molecule has 0 spiro atoms. The van der Waals surface area contributed by atoms with E-state index in [2.05, 4.69) is 27.3 Å². The average Bonchev–Trinajstić information content (AvgIpc) is 2.28. The van der Waals surface area contributed by atoms with Gasteiger partial charge in [0.25, 0.3) is 5.91 Å². The van der Waals surface area contributed by atoms with Gasteiger partial charge in [-0.3, -0.25) is 9.59 Å². The first kappa shape index (κ1) is 13.0. The molecule has 0 saturated carbocycles. The highest BCUT2D eigenvalue weighted by Crippen LogP contribution is 2.13. The summed E-state index contributed by atoms with van der Waals surface area (Å²) in [5.74, 6) is -0.614. The number of methoxy groups -OCH3 is 1. The van der Waals surface area contributed by atoms with Gasteiger partial charge >= 0.3 is 5.97 Å². The van der Waals surface area contributed by atoms with Gasteiger partial charge in [-0.15, -0.1) is 0 Å². The van der Waals surface area contributed by atoms with E-state index in [0.29, 0.717) is 5.56 Å². The molecule has 1 rings (SSSR count). The molecule has 0 heterocycles. The summed E-state index contributed by atoms with van der Waals surface area (Å²) < 4.78 is 5.37. The lowest BCUT2D eigenvalue weighted by molar-refractivity contribution is -0.141. The van der Waals surface area contributed by atoms with Crippen LogP contribution in [0.4, 0.5) is 0 Å². The zero-order valence-corrected chi connectivity index (χ0v) is 11.2. The van der Waals surface area contributed by atoms with Crippen molar-refractivity contribution in [3.8, 4) is 0 Å². The van der Waals surface area contributed by atoms with Crippen LogP contribution in [-0.4, -0.2) is 37.5 Å². The van der Waals surface area contributed by atoms with E-state index in [4.69, 9.17) is 0 Å². The van der Waals surface area contributed by atoms with Gasteiger partial charge in [0.05, 0.1) is 12.7 Å². The Morgan fingerprint density at radius 2 is 2.00 bits per heavy atom. The van der Waals surface area contributed by atoms with E-state index in [1.807, 2.05) is 12.1 Å². The number of rotatable bonds is 3. The molecule has 0 unspecified atom stereocenters. The van der Waals surface area contributed by atoms with Crippen molar-refractivity contribution in [3.63, 3.8) is 0 Å². The van der Waals surface area contributed by atoms with Crippen LogP contribution in [-0.2, 0) is 9.53 Å². The van der Waals surface area contributed by atoms with Gasteiger partial charge in [-0.05, 0) is 34.7 Å². The van der Waals surface area contributed by atoms with E-state index in [0.717, 1.165) is 3.57 Å². The molecule has 5 heteroatoms. The summed E-state index contributed by atoms with van der Waals surface area (Å²) in [6.07, 6.45) is 0. The lowest BCUT2D eigenvalue weighted by Gasteiger charge is -2.16. The van der Waals surface area contributed by atoms with E-state index in [1.165, 1.54) is 12.0 Å². The number of benzene rings is 1. The first-order valence-corrected chi connectivity index (χ1v) is 5.71.